The lowest BCUT2D eigenvalue weighted by Gasteiger charge is -2.17. The Labute approximate surface area is 156 Å². The average Bonchev–Trinajstić information content (AvgIpc) is 2.51. The molecule has 0 atom stereocenters. The number of rotatable bonds is 4. The van der Waals surface area contributed by atoms with E-state index in [1.165, 1.54) is 0 Å². The van der Waals surface area contributed by atoms with Gasteiger partial charge in [-0.2, -0.15) is 13.2 Å². The second kappa shape index (κ2) is 6.95. The van der Waals surface area contributed by atoms with Crippen LogP contribution in [-0.2, 0) is 6.18 Å². The third-order valence-corrected chi connectivity index (χ3v) is 4.10. The molecule has 27 heavy (non-hydrogen) atoms. The summed E-state index contributed by atoms with van der Waals surface area (Å²) >= 11 is 2.87. The number of aromatic carboxylic acids is 2. The number of aromatic nitrogens is 1. The Balaban J connectivity index is 3.06. The Morgan fingerprint density at radius 1 is 1.19 bits per heavy atom. The maximum atomic E-state index is 13.4. The highest BCUT2D eigenvalue weighted by molar-refractivity contribution is 9.10. The molecule has 0 aliphatic heterocycles. The van der Waals surface area contributed by atoms with Gasteiger partial charge in [-0.15, -0.1) is 0 Å². The van der Waals surface area contributed by atoms with Gasteiger partial charge in [-0.25, -0.2) is 9.59 Å². The average molecular weight is 451 g/mol. The Kier molecular flexibility index (Phi) is 5.22. The van der Waals surface area contributed by atoms with E-state index in [0.29, 0.717) is 6.07 Å². The van der Waals surface area contributed by atoms with Gasteiger partial charge in [-0.05, 0) is 33.6 Å². The van der Waals surface area contributed by atoms with E-state index in [9.17, 15) is 37.8 Å². The third kappa shape index (κ3) is 3.60. The van der Waals surface area contributed by atoms with Gasteiger partial charge in [0.1, 0.15) is 22.7 Å². The summed E-state index contributed by atoms with van der Waals surface area (Å²) in [5, 5.41) is 18.6. The van der Waals surface area contributed by atoms with Gasteiger partial charge in [0.25, 0.3) is 5.56 Å². The maximum absolute atomic E-state index is 13.4. The molecule has 0 unspecified atom stereocenters. The molecule has 0 fully saturated rings. The molecule has 0 bridgehead atoms. The van der Waals surface area contributed by atoms with Crippen LogP contribution in [0.4, 0.5) is 19.0 Å². The molecule has 0 amide bonds. The molecule has 2 rings (SSSR count). The molecule has 0 aliphatic carbocycles. The second-order valence-electron chi connectivity index (χ2n) is 5.14. The smallest absolute Gasteiger partial charge is 0.420 e. The van der Waals surface area contributed by atoms with Crippen molar-refractivity contribution in [2.45, 2.75) is 6.18 Å². The fourth-order valence-electron chi connectivity index (χ4n) is 2.49. The van der Waals surface area contributed by atoms with Gasteiger partial charge in [0.15, 0.2) is 0 Å². The Hall–Kier alpha value is -3.02. The van der Waals surface area contributed by atoms with Gasteiger partial charge in [-0.3, -0.25) is 4.79 Å². The predicted molar refractivity (Wildman–Crippen MR) is 90.1 cm³/mol. The zero-order chi connectivity index (χ0) is 20.7. The Morgan fingerprint density at radius 2 is 1.74 bits per heavy atom. The van der Waals surface area contributed by atoms with Crippen LogP contribution in [0.2, 0.25) is 0 Å². The molecule has 0 aliphatic rings. The van der Waals surface area contributed by atoms with Crippen molar-refractivity contribution in [3.63, 3.8) is 0 Å². The van der Waals surface area contributed by atoms with Gasteiger partial charge in [-0.1, -0.05) is 0 Å². The zero-order valence-electron chi connectivity index (χ0n) is 13.3. The Morgan fingerprint density at radius 3 is 2.19 bits per heavy atom. The standard InChI is InChI=1S/C15H10BrF3N2O6/c1-27-10-5(15(17,18)19)2-4(3-6(10)16)7-8(13(23)24)11(20)21-12(22)9(7)14(25)26/h2-3H,1H3,(H,23,24)(H,25,26)(H3,20,21,22). The molecule has 0 spiro atoms. The molecule has 2 aromatic rings. The zero-order valence-corrected chi connectivity index (χ0v) is 14.9. The van der Waals surface area contributed by atoms with E-state index in [4.69, 9.17) is 10.5 Å². The summed E-state index contributed by atoms with van der Waals surface area (Å²) in [5.74, 6) is -4.87. The van der Waals surface area contributed by atoms with Crippen LogP contribution < -0.4 is 16.0 Å². The minimum Gasteiger partial charge on any atom is -0.495 e. The number of aromatic amines is 1. The van der Waals surface area contributed by atoms with Gasteiger partial charge in [0.05, 0.1) is 17.1 Å². The highest BCUT2D eigenvalue weighted by Crippen LogP contribution is 2.44. The number of carbonyl (C=O) groups is 2. The van der Waals surface area contributed by atoms with Crippen LogP contribution >= 0.6 is 15.9 Å². The van der Waals surface area contributed by atoms with Crippen LogP contribution in [0.5, 0.6) is 5.75 Å². The van der Waals surface area contributed by atoms with Gasteiger partial charge in [0, 0.05) is 5.56 Å². The maximum Gasteiger partial charge on any atom is 0.420 e. The van der Waals surface area contributed by atoms with Crippen molar-refractivity contribution in [2.75, 3.05) is 12.8 Å². The van der Waals surface area contributed by atoms with Gasteiger partial charge >= 0.3 is 18.1 Å². The minimum atomic E-state index is -4.91. The number of hydrogen-bond donors (Lipinski definition) is 4. The predicted octanol–water partition coefficient (Wildman–Crippen LogP) is 2.81. The van der Waals surface area contributed by atoms with Crippen molar-refractivity contribution in [1.29, 1.82) is 0 Å². The lowest BCUT2D eigenvalue weighted by Crippen LogP contribution is -2.24. The molecule has 1 aromatic heterocycles. The van der Waals surface area contributed by atoms with Crippen molar-refractivity contribution >= 4 is 33.7 Å². The molecular formula is C15H10BrF3N2O6. The molecule has 1 heterocycles. The number of nitrogen functional groups attached to an aromatic ring is 1. The number of halogens is 4. The molecule has 8 nitrogen and oxygen atoms in total. The number of alkyl halides is 3. The van der Waals surface area contributed by atoms with E-state index in [1.807, 2.05) is 4.98 Å². The number of carboxylic acid groups (broad SMARTS) is 2. The van der Waals surface area contributed by atoms with E-state index in [-0.39, 0.29) is 4.47 Å². The van der Waals surface area contributed by atoms with Gasteiger partial charge < -0.3 is 25.7 Å². The molecule has 144 valence electrons. The topological polar surface area (TPSA) is 143 Å². The highest BCUT2D eigenvalue weighted by atomic mass is 79.9. The SMILES string of the molecule is COc1c(Br)cc(-c2c(C(=O)O)c(N)[nH]c(=O)c2C(=O)O)cc1C(F)(F)F. The lowest BCUT2D eigenvalue weighted by atomic mass is 9.94. The highest BCUT2D eigenvalue weighted by Gasteiger charge is 2.37. The number of pyridine rings is 1. The number of carboxylic acids is 2. The van der Waals surface area contributed by atoms with E-state index in [1.54, 1.807) is 0 Å². The van der Waals surface area contributed by atoms with Crippen molar-refractivity contribution in [2.24, 2.45) is 0 Å². The van der Waals surface area contributed by atoms with Crippen LogP contribution in [0, 0.1) is 0 Å². The first-order valence-electron chi connectivity index (χ1n) is 6.87. The molecule has 1 aromatic carbocycles. The lowest BCUT2D eigenvalue weighted by molar-refractivity contribution is -0.138. The van der Waals surface area contributed by atoms with Crippen molar-refractivity contribution in [3.8, 4) is 16.9 Å². The molecule has 0 saturated carbocycles. The third-order valence-electron chi connectivity index (χ3n) is 3.51. The van der Waals surface area contributed by atoms with Crippen LogP contribution in [0.25, 0.3) is 11.1 Å². The van der Waals surface area contributed by atoms with Crippen molar-refractivity contribution < 1.29 is 37.7 Å². The number of nitrogens with two attached hydrogens (primary N) is 1. The first kappa shape index (κ1) is 20.3. The fraction of sp³-hybridized carbons (Fsp3) is 0.133. The molecule has 0 radical (unpaired) electrons. The normalized spacial score (nSPS) is 11.3. The van der Waals surface area contributed by atoms with Crippen molar-refractivity contribution in [1.82, 2.24) is 4.98 Å². The summed E-state index contributed by atoms with van der Waals surface area (Å²) in [6, 6.07) is 1.48. The summed E-state index contributed by atoms with van der Waals surface area (Å²) in [7, 11) is 0.992. The number of hydrogen-bond acceptors (Lipinski definition) is 5. The van der Waals surface area contributed by atoms with E-state index < -0.39 is 63.1 Å². The minimum absolute atomic E-state index is 0.235. The van der Waals surface area contributed by atoms with Crippen LogP contribution in [0.3, 0.4) is 0 Å². The number of anilines is 1. The fourth-order valence-corrected chi connectivity index (χ4v) is 3.11. The number of ether oxygens (including phenoxy) is 1. The second-order valence-corrected chi connectivity index (χ2v) is 5.99. The molecule has 0 saturated heterocycles. The van der Waals surface area contributed by atoms with E-state index in [2.05, 4.69) is 15.9 Å². The summed E-state index contributed by atoms with van der Waals surface area (Å²) < 4.78 is 44.6. The van der Waals surface area contributed by atoms with Crippen molar-refractivity contribution in [3.05, 3.63) is 43.6 Å². The number of nitrogens with one attached hydrogen (secondary N) is 1. The summed E-state index contributed by atoms with van der Waals surface area (Å²) in [5.41, 5.74) is -0.278. The molecule has 12 heteroatoms. The first-order chi connectivity index (χ1) is 12.4. The largest absolute Gasteiger partial charge is 0.495 e. The number of benzene rings is 1. The van der Waals surface area contributed by atoms with E-state index >= 15 is 0 Å². The summed E-state index contributed by atoms with van der Waals surface area (Å²) in [6.07, 6.45) is -4.91. The number of methoxy groups -OCH3 is 1. The van der Waals surface area contributed by atoms with Gasteiger partial charge in [0.2, 0.25) is 0 Å². The summed E-state index contributed by atoms with van der Waals surface area (Å²) in [4.78, 5) is 36.9. The number of H-pyrrole nitrogens is 1. The molecular weight excluding hydrogens is 441 g/mol. The van der Waals surface area contributed by atoms with Crippen LogP contribution in [0.1, 0.15) is 26.3 Å². The summed E-state index contributed by atoms with van der Waals surface area (Å²) in [6.45, 7) is 0. The Bertz CT molecular complexity index is 1020. The monoisotopic (exact) mass is 450 g/mol. The quantitative estimate of drug-likeness (QED) is 0.560. The van der Waals surface area contributed by atoms with Crippen LogP contribution in [0.15, 0.2) is 21.4 Å². The van der Waals surface area contributed by atoms with E-state index in [0.717, 1.165) is 13.2 Å². The van der Waals surface area contributed by atoms with Crippen LogP contribution in [-0.4, -0.2) is 34.2 Å². The first-order valence-corrected chi connectivity index (χ1v) is 7.66. The molecule has 5 N–H and O–H groups in total.